The highest BCUT2D eigenvalue weighted by atomic mass is 35.5. The summed E-state index contributed by atoms with van der Waals surface area (Å²) in [6, 6.07) is 20.1. The molecule has 34 heavy (non-hydrogen) atoms. The van der Waals surface area contributed by atoms with Crippen molar-refractivity contribution in [2.24, 2.45) is 0 Å². The maximum absolute atomic E-state index is 12.9. The highest BCUT2D eigenvalue weighted by Gasteiger charge is 2.18. The lowest BCUT2D eigenvalue weighted by molar-refractivity contribution is -0.119. The Bertz CT molecular complexity index is 1420. The van der Waals surface area contributed by atoms with Gasteiger partial charge in [0, 0.05) is 27.2 Å². The van der Waals surface area contributed by atoms with Gasteiger partial charge in [-0.25, -0.2) is 9.78 Å². The molecule has 4 rings (SSSR count). The third-order valence-corrected chi connectivity index (χ3v) is 5.60. The first-order valence-electron chi connectivity index (χ1n) is 10.2. The van der Waals surface area contributed by atoms with Crippen molar-refractivity contribution in [3.8, 4) is 11.3 Å². The van der Waals surface area contributed by atoms with Crippen molar-refractivity contribution in [3.63, 3.8) is 0 Å². The predicted molar refractivity (Wildman–Crippen MR) is 133 cm³/mol. The molecule has 170 valence electrons. The number of nitrogens with zero attached hydrogens (tertiary/aromatic N) is 1. The number of fused-ring (bicyclic) bond motifs is 1. The molecule has 0 spiro atoms. The molecule has 0 fully saturated rings. The summed E-state index contributed by atoms with van der Waals surface area (Å²) >= 11 is 12.3. The van der Waals surface area contributed by atoms with Crippen LogP contribution in [0.2, 0.25) is 10.0 Å². The van der Waals surface area contributed by atoms with E-state index in [9.17, 15) is 14.4 Å². The summed E-state index contributed by atoms with van der Waals surface area (Å²) in [5.41, 5.74) is 2.93. The molecule has 0 saturated heterocycles. The number of esters is 1. The number of carbonyl (C=O) groups is 3. The van der Waals surface area contributed by atoms with Crippen LogP contribution < -0.4 is 5.32 Å². The fourth-order valence-electron chi connectivity index (χ4n) is 3.37. The molecule has 1 heterocycles. The molecule has 0 aliphatic carbocycles. The van der Waals surface area contributed by atoms with E-state index in [2.05, 4.69) is 10.3 Å². The van der Waals surface area contributed by atoms with Crippen molar-refractivity contribution in [2.75, 3.05) is 11.9 Å². The molecule has 0 atom stereocenters. The van der Waals surface area contributed by atoms with Gasteiger partial charge in [0.25, 0.3) is 5.91 Å². The lowest BCUT2D eigenvalue weighted by Crippen LogP contribution is -2.21. The van der Waals surface area contributed by atoms with Gasteiger partial charge in [0.15, 0.2) is 12.4 Å². The summed E-state index contributed by atoms with van der Waals surface area (Å²) in [5, 5.41) is 4.09. The van der Waals surface area contributed by atoms with E-state index < -0.39 is 18.5 Å². The largest absolute Gasteiger partial charge is 0.452 e. The Hall–Kier alpha value is -3.74. The first-order valence-corrected chi connectivity index (χ1v) is 11.0. The van der Waals surface area contributed by atoms with Gasteiger partial charge in [-0.15, -0.1) is 0 Å². The number of ether oxygens (including phenoxy) is 1. The Morgan fingerprint density at radius 3 is 2.38 bits per heavy atom. The number of para-hydroxylation sites is 1. The van der Waals surface area contributed by atoms with Crippen LogP contribution in [0, 0.1) is 0 Å². The van der Waals surface area contributed by atoms with Crippen molar-refractivity contribution < 1.29 is 19.1 Å². The average Bonchev–Trinajstić information content (AvgIpc) is 2.82. The molecule has 3 aromatic carbocycles. The fraction of sp³-hybridized carbons (Fsp3) is 0.0769. The number of hydrogen-bond donors (Lipinski definition) is 1. The van der Waals surface area contributed by atoms with E-state index >= 15 is 0 Å². The summed E-state index contributed by atoms with van der Waals surface area (Å²) in [7, 11) is 0. The molecule has 0 bridgehead atoms. The Balaban J connectivity index is 1.54. The van der Waals surface area contributed by atoms with E-state index in [-0.39, 0.29) is 11.3 Å². The number of pyridine rings is 1. The van der Waals surface area contributed by atoms with Crippen LogP contribution >= 0.6 is 23.2 Å². The van der Waals surface area contributed by atoms with Gasteiger partial charge in [0.05, 0.1) is 21.8 Å². The van der Waals surface area contributed by atoms with E-state index in [1.165, 1.54) is 6.92 Å². The number of rotatable bonds is 6. The second-order valence-corrected chi connectivity index (χ2v) is 8.30. The van der Waals surface area contributed by atoms with Gasteiger partial charge in [-0.05, 0) is 61.5 Å². The lowest BCUT2D eigenvalue weighted by atomic mass is 10.0. The Labute approximate surface area is 205 Å². The summed E-state index contributed by atoms with van der Waals surface area (Å²) < 4.78 is 5.29. The van der Waals surface area contributed by atoms with Gasteiger partial charge >= 0.3 is 5.97 Å². The highest BCUT2D eigenvalue weighted by molar-refractivity contribution is 6.36. The van der Waals surface area contributed by atoms with Gasteiger partial charge in [0.1, 0.15) is 0 Å². The molecule has 8 heteroatoms. The molecule has 1 amide bonds. The van der Waals surface area contributed by atoms with E-state index in [0.29, 0.717) is 43.5 Å². The second-order valence-electron chi connectivity index (χ2n) is 7.45. The maximum Gasteiger partial charge on any atom is 0.339 e. The predicted octanol–water partition coefficient (Wildman–Crippen LogP) is 6.21. The van der Waals surface area contributed by atoms with E-state index in [4.69, 9.17) is 27.9 Å². The first-order chi connectivity index (χ1) is 16.3. The summed E-state index contributed by atoms with van der Waals surface area (Å²) in [4.78, 5) is 41.2. The van der Waals surface area contributed by atoms with Crippen molar-refractivity contribution in [2.45, 2.75) is 6.92 Å². The second kappa shape index (κ2) is 10.0. The van der Waals surface area contributed by atoms with E-state index in [1.54, 1.807) is 66.7 Å². The van der Waals surface area contributed by atoms with Gasteiger partial charge in [-0.2, -0.15) is 0 Å². The molecule has 0 saturated carbocycles. The molecule has 0 aliphatic rings. The summed E-state index contributed by atoms with van der Waals surface area (Å²) in [6.45, 7) is 0.975. The highest BCUT2D eigenvalue weighted by Crippen LogP contribution is 2.32. The van der Waals surface area contributed by atoms with E-state index in [0.717, 1.165) is 0 Å². The normalized spacial score (nSPS) is 10.7. The Kier molecular flexibility index (Phi) is 6.91. The van der Waals surface area contributed by atoms with Crippen LogP contribution in [0.3, 0.4) is 0 Å². The molecule has 1 N–H and O–H groups in total. The molecular formula is C26H18Cl2N2O4. The zero-order valence-electron chi connectivity index (χ0n) is 18.0. The van der Waals surface area contributed by atoms with Crippen LogP contribution in [-0.2, 0) is 9.53 Å². The Morgan fingerprint density at radius 2 is 1.68 bits per heavy atom. The van der Waals surface area contributed by atoms with Crippen LogP contribution in [0.25, 0.3) is 22.2 Å². The quantitative estimate of drug-likeness (QED) is 0.255. The fourth-order valence-corrected chi connectivity index (χ4v) is 3.88. The van der Waals surface area contributed by atoms with Gasteiger partial charge in [0.2, 0.25) is 0 Å². The number of ketones is 1. The number of benzene rings is 3. The van der Waals surface area contributed by atoms with Crippen LogP contribution in [0.4, 0.5) is 5.69 Å². The first kappa shape index (κ1) is 23.4. The minimum atomic E-state index is -0.674. The molecule has 1 aromatic heterocycles. The monoisotopic (exact) mass is 492 g/mol. The van der Waals surface area contributed by atoms with E-state index in [1.807, 2.05) is 6.07 Å². The molecule has 0 unspecified atom stereocenters. The third kappa shape index (κ3) is 5.25. The number of aromatic nitrogens is 1. The summed E-state index contributed by atoms with van der Waals surface area (Å²) in [6.07, 6.45) is 0. The average molecular weight is 493 g/mol. The summed E-state index contributed by atoms with van der Waals surface area (Å²) in [5.74, 6) is -1.26. The van der Waals surface area contributed by atoms with Gasteiger partial charge in [-0.1, -0.05) is 41.4 Å². The number of carbonyl (C=O) groups excluding carboxylic acids is 3. The van der Waals surface area contributed by atoms with Crippen molar-refractivity contribution in [1.29, 1.82) is 0 Å². The number of hydrogen-bond acceptors (Lipinski definition) is 5. The van der Waals surface area contributed by atoms with Crippen molar-refractivity contribution >= 4 is 57.5 Å². The van der Waals surface area contributed by atoms with Crippen LogP contribution in [0.1, 0.15) is 27.6 Å². The van der Waals surface area contributed by atoms with Gasteiger partial charge in [-0.3, -0.25) is 9.59 Å². The zero-order chi connectivity index (χ0) is 24.2. The third-order valence-electron chi connectivity index (χ3n) is 5.05. The minimum Gasteiger partial charge on any atom is -0.452 e. The number of Topliss-reactive ketones (excluding diaryl/α,β-unsaturated/α-hetero) is 1. The maximum atomic E-state index is 12.9. The zero-order valence-corrected chi connectivity index (χ0v) is 19.5. The lowest BCUT2D eigenvalue weighted by Gasteiger charge is -2.11. The topological polar surface area (TPSA) is 85.4 Å². The minimum absolute atomic E-state index is 0.0735. The molecule has 0 aliphatic heterocycles. The molecule has 4 aromatic rings. The molecule has 0 radical (unpaired) electrons. The Morgan fingerprint density at radius 1 is 0.941 bits per heavy atom. The number of anilines is 1. The number of nitrogens with one attached hydrogen (secondary N) is 1. The van der Waals surface area contributed by atoms with Gasteiger partial charge < -0.3 is 10.1 Å². The SMILES string of the molecule is CC(=O)c1ccc(NC(=O)COC(=O)c2cc(-c3ccc(Cl)cc3Cl)nc3ccccc23)cc1. The van der Waals surface area contributed by atoms with Crippen LogP contribution in [0.15, 0.2) is 72.8 Å². The number of halogens is 2. The van der Waals surface area contributed by atoms with Crippen LogP contribution in [-0.4, -0.2) is 29.3 Å². The molecule has 6 nitrogen and oxygen atoms in total. The smallest absolute Gasteiger partial charge is 0.339 e. The standard InChI is InChI=1S/C26H18Cl2N2O4/c1-15(31)16-6-9-18(10-7-16)29-25(32)14-34-26(33)21-13-24(20-11-8-17(27)12-22(20)28)30-23-5-3-2-4-19(21)23/h2-13H,14H2,1H3,(H,29,32). The van der Waals surface area contributed by atoms with Crippen molar-refractivity contribution in [3.05, 3.63) is 94.0 Å². The van der Waals surface area contributed by atoms with Crippen molar-refractivity contribution in [1.82, 2.24) is 4.98 Å². The molecular weight excluding hydrogens is 475 g/mol. The number of amides is 1. The van der Waals surface area contributed by atoms with Crippen LogP contribution in [0.5, 0.6) is 0 Å².